The first-order valence-electron chi connectivity index (χ1n) is 9.30. The van der Waals surface area contributed by atoms with Crippen LogP contribution in [0.15, 0.2) is 54.6 Å². The van der Waals surface area contributed by atoms with Gasteiger partial charge in [0.25, 0.3) is 0 Å². The summed E-state index contributed by atoms with van der Waals surface area (Å²) in [6.07, 6.45) is 5.22. The van der Waals surface area contributed by atoms with Crippen LogP contribution in [0.5, 0.6) is 0 Å². The quantitative estimate of drug-likeness (QED) is 0.786. The maximum absolute atomic E-state index is 10.9. The van der Waals surface area contributed by atoms with E-state index in [0.717, 1.165) is 56.3 Å². The fourth-order valence-corrected chi connectivity index (χ4v) is 3.43. The van der Waals surface area contributed by atoms with E-state index in [0.29, 0.717) is 5.56 Å². The summed E-state index contributed by atoms with van der Waals surface area (Å²) < 4.78 is 0. The van der Waals surface area contributed by atoms with Gasteiger partial charge in [-0.05, 0) is 35.7 Å². The van der Waals surface area contributed by atoms with Gasteiger partial charge < -0.3 is 10.0 Å². The van der Waals surface area contributed by atoms with Crippen molar-refractivity contribution >= 4 is 23.6 Å². The van der Waals surface area contributed by atoms with Gasteiger partial charge in [-0.1, -0.05) is 54.1 Å². The molecule has 1 fully saturated rings. The minimum absolute atomic E-state index is 0.345. The molecule has 142 valence electrons. The molecule has 1 saturated heterocycles. The number of halogens is 1. The Balaban J connectivity index is 1.38. The van der Waals surface area contributed by atoms with Crippen molar-refractivity contribution < 1.29 is 9.90 Å². The van der Waals surface area contributed by atoms with E-state index in [-0.39, 0.29) is 0 Å². The highest BCUT2D eigenvalue weighted by molar-refractivity contribution is 6.32. The summed E-state index contributed by atoms with van der Waals surface area (Å²) in [6, 6.07) is 15.1. The molecule has 0 aromatic heterocycles. The van der Waals surface area contributed by atoms with Crippen molar-refractivity contribution in [2.75, 3.05) is 39.3 Å². The van der Waals surface area contributed by atoms with E-state index >= 15 is 0 Å². The van der Waals surface area contributed by atoms with Gasteiger partial charge >= 0.3 is 5.97 Å². The molecule has 1 heterocycles. The van der Waals surface area contributed by atoms with Crippen molar-refractivity contribution in [3.63, 3.8) is 0 Å². The molecule has 1 aliphatic heterocycles. The standard InChI is InChI=1S/C22H25ClN2O2/c23-21-6-2-1-4-19(21)5-3-12-24-14-16-25(17-15-24)13-11-18-7-9-20(10-8-18)22(26)27/h1-10H,11-17H2,(H,26,27). The number of carboxylic acid groups (broad SMARTS) is 1. The predicted molar refractivity (Wildman–Crippen MR) is 110 cm³/mol. The van der Waals surface area contributed by atoms with Crippen molar-refractivity contribution in [2.45, 2.75) is 6.42 Å². The lowest BCUT2D eigenvalue weighted by Crippen LogP contribution is -2.46. The lowest BCUT2D eigenvalue weighted by Gasteiger charge is -2.34. The second kappa shape index (κ2) is 9.70. The Morgan fingerprint density at radius 1 is 1.00 bits per heavy atom. The van der Waals surface area contributed by atoms with Gasteiger partial charge in [-0.25, -0.2) is 4.79 Å². The Hall–Kier alpha value is -2.14. The molecule has 0 aliphatic carbocycles. The van der Waals surface area contributed by atoms with E-state index in [9.17, 15) is 4.79 Å². The van der Waals surface area contributed by atoms with Gasteiger partial charge in [0.2, 0.25) is 0 Å². The number of carboxylic acids is 1. The molecule has 0 unspecified atom stereocenters. The maximum atomic E-state index is 10.9. The number of rotatable bonds is 7. The highest BCUT2D eigenvalue weighted by atomic mass is 35.5. The van der Waals surface area contributed by atoms with Gasteiger partial charge in [-0.2, -0.15) is 0 Å². The molecule has 2 aromatic rings. The lowest BCUT2D eigenvalue weighted by atomic mass is 10.1. The van der Waals surface area contributed by atoms with Gasteiger partial charge in [0.15, 0.2) is 0 Å². The molecule has 0 spiro atoms. The first kappa shape index (κ1) is 19.6. The number of piperazine rings is 1. The van der Waals surface area contributed by atoms with Crippen molar-refractivity contribution in [1.82, 2.24) is 9.80 Å². The average Bonchev–Trinajstić information content (AvgIpc) is 2.69. The molecule has 1 aliphatic rings. The largest absolute Gasteiger partial charge is 0.478 e. The van der Waals surface area contributed by atoms with Gasteiger partial charge in [0.05, 0.1) is 5.56 Å². The Morgan fingerprint density at radius 2 is 1.67 bits per heavy atom. The van der Waals surface area contributed by atoms with Crippen molar-refractivity contribution in [3.05, 3.63) is 76.3 Å². The zero-order chi connectivity index (χ0) is 19.1. The van der Waals surface area contributed by atoms with Crippen LogP contribution in [0.1, 0.15) is 21.5 Å². The molecule has 0 saturated carbocycles. The van der Waals surface area contributed by atoms with Crippen LogP contribution in [-0.4, -0.2) is 60.1 Å². The molecule has 1 N–H and O–H groups in total. The Morgan fingerprint density at radius 3 is 2.33 bits per heavy atom. The third-order valence-corrected chi connectivity index (χ3v) is 5.29. The fraction of sp³-hybridized carbons (Fsp3) is 0.318. The molecule has 2 aromatic carbocycles. The Bertz CT molecular complexity index is 781. The van der Waals surface area contributed by atoms with Gasteiger partial charge in [-0.15, -0.1) is 0 Å². The summed E-state index contributed by atoms with van der Waals surface area (Å²) >= 11 is 6.17. The van der Waals surface area contributed by atoms with Gasteiger partial charge in [-0.3, -0.25) is 4.90 Å². The zero-order valence-corrected chi connectivity index (χ0v) is 16.1. The summed E-state index contributed by atoms with van der Waals surface area (Å²) in [5.74, 6) is -0.874. The lowest BCUT2D eigenvalue weighted by molar-refractivity contribution is 0.0697. The first-order chi connectivity index (χ1) is 13.1. The topological polar surface area (TPSA) is 43.8 Å². The third-order valence-electron chi connectivity index (χ3n) is 4.95. The smallest absolute Gasteiger partial charge is 0.335 e. The van der Waals surface area contributed by atoms with Crippen LogP contribution in [0.25, 0.3) is 6.08 Å². The minimum atomic E-state index is -0.874. The minimum Gasteiger partial charge on any atom is -0.478 e. The van der Waals surface area contributed by atoms with Crippen molar-refractivity contribution in [1.29, 1.82) is 0 Å². The Kier molecular flexibility index (Phi) is 7.04. The average molecular weight is 385 g/mol. The molecule has 0 radical (unpaired) electrons. The van der Waals surface area contributed by atoms with Gasteiger partial charge in [0, 0.05) is 44.3 Å². The van der Waals surface area contributed by atoms with E-state index in [1.165, 1.54) is 5.56 Å². The monoisotopic (exact) mass is 384 g/mol. The molecule has 0 atom stereocenters. The number of aromatic carboxylic acids is 1. The molecule has 27 heavy (non-hydrogen) atoms. The van der Waals surface area contributed by atoms with Crippen LogP contribution < -0.4 is 0 Å². The summed E-state index contributed by atoms with van der Waals surface area (Å²) in [5.41, 5.74) is 2.59. The third kappa shape index (κ3) is 5.93. The summed E-state index contributed by atoms with van der Waals surface area (Å²) in [4.78, 5) is 15.8. The summed E-state index contributed by atoms with van der Waals surface area (Å²) in [6.45, 7) is 6.20. The maximum Gasteiger partial charge on any atom is 0.335 e. The van der Waals surface area contributed by atoms with E-state index in [2.05, 4.69) is 22.0 Å². The second-order valence-electron chi connectivity index (χ2n) is 6.82. The van der Waals surface area contributed by atoms with Crippen LogP contribution >= 0.6 is 11.6 Å². The SMILES string of the molecule is O=C(O)c1ccc(CCN2CCN(CC=Cc3ccccc3Cl)CC2)cc1. The molecule has 0 bridgehead atoms. The van der Waals surface area contributed by atoms with E-state index in [4.69, 9.17) is 16.7 Å². The molecule has 5 heteroatoms. The number of hydrogen-bond donors (Lipinski definition) is 1. The predicted octanol–water partition coefficient (Wildman–Crippen LogP) is 3.91. The van der Waals surface area contributed by atoms with Crippen molar-refractivity contribution in [2.24, 2.45) is 0 Å². The molecule has 3 rings (SSSR count). The second-order valence-corrected chi connectivity index (χ2v) is 7.23. The highest BCUT2D eigenvalue weighted by Gasteiger charge is 2.15. The van der Waals surface area contributed by atoms with Crippen LogP contribution in [0.3, 0.4) is 0 Å². The number of hydrogen-bond acceptors (Lipinski definition) is 3. The fourth-order valence-electron chi connectivity index (χ4n) is 3.24. The van der Waals surface area contributed by atoms with Crippen LogP contribution in [0.4, 0.5) is 0 Å². The summed E-state index contributed by atoms with van der Waals surface area (Å²) in [7, 11) is 0. The van der Waals surface area contributed by atoms with E-state index < -0.39 is 5.97 Å². The number of nitrogens with zero attached hydrogens (tertiary/aromatic N) is 2. The van der Waals surface area contributed by atoms with Crippen LogP contribution in [0, 0.1) is 0 Å². The normalized spacial score (nSPS) is 16.0. The van der Waals surface area contributed by atoms with Crippen LogP contribution in [0.2, 0.25) is 5.02 Å². The highest BCUT2D eigenvalue weighted by Crippen LogP contribution is 2.16. The summed E-state index contributed by atoms with van der Waals surface area (Å²) in [5, 5.41) is 9.74. The van der Waals surface area contributed by atoms with E-state index in [1.807, 2.05) is 36.4 Å². The number of carbonyl (C=O) groups is 1. The van der Waals surface area contributed by atoms with Gasteiger partial charge in [0.1, 0.15) is 0 Å². The first-order valence-corrected chi connectivity index (χ1v) is 9.67. The van der Waals surface area contributed by atoms with Crippen LogP contribution in [-0.2, 0) is 6.42 Å². The van der Waals surface area contributed by atoms with Crippen molar-refractivity contribution in [3.8, 4) is 0 Å². The zero-order valence-electron chi connectivity index (χ0n) is 15.4. The number of benzene rings is 2. The molecule has 0 amide bonds. The van der Waals surface area contributed by atoms with E-state index in [1.54, 1.807) is 12.1 Å². The Labute approximate surface area is 165 Å². The molecular formula is C22H25ClN2O2. The molecular weight excluding hydrogens is 360 g/mol. The molecule has 4 nitrogen and oxygen atoms in total.